The Labute approximate surface area is 161 Å². The second-order valence-corrected chi connectivity index (χ2v) is 6.71. The first-order valence-corrected chi connectivity index (χ1v) is 8.82. The maximum atomic E-state index is 12.9. The molecule has 0 bridgehead atoms. The van der Waals surface area contributed by atoms with E-state index in [0.29, 0.717) is 21.8 Å². The Bertz CT molecular complexity index is 1100. The van der Waals surface area contributed by atoms with Crippen molar-refractivity contribution in [2.24, 2.45) is 4.99 Å². The number of para-hydroxylation sites is 1. The number of rotatable bonds is 3. The number of amides is 1. The number of aliphatic imine (C=N–C) groups is 1. The molecule has 0 fully saturated rings. The number of fused-ring (bicyclic) bond motifs is 1. The van der Waals surface area contributed by atoms with Gasteiger partial charge in [0, 0.05) is 21.7 Å². The van der Waals surface area contributed by atoms with Crippen LogP contribution >= 0.6 is 11.6 Å². The third kappa shape index (κ3) is 3.15. The standard InChI is InChI=1S/C22H15ClN2O2/c1-13-6-5-9-16-19(13)25-22(27)20(16)24-18-11-10-15(23)12-17(18)21(26)14-7-3-2-4-8-14/h2-12H,1H3,(H,24,25,27). The topological polar surface area (TPSA) is 58.5 Å². The highest BCUT2D eigenvalue weighted by atomic mass is 35.5. The lowest BCUT2D eigenvalue weighted by Gasteiger charge is -2.07. The number of halogens is 1. The Hall–Kier alpha value is -3.24. The Kier molecular flexibility index (Phi) is 4.34. The molecule has 1 heterocycles. The van der Waals surface area contributed by atoms with E-state index in [-0.39, 0.29) is 17.4 Å². The lowest BCUT2D eigenvalue weighted by molar-refractivity contribution is -0.110. The molecule has 1 aliphatic heterocycles. The Morgan fingerprint density at radius 3 is 2.56 bits per heavy atom. The van der Waals surface area contributed by atoms with Gasteiger partial charge in [0.25, 0.3) is 5.91 Å². The second kappa shape index (κ2) is 6.82. The fraction of sp³-hybridized carbons (Fsp3) is 0.0455. The maximum absolute atomic E-state index is 12.9. The summed E-state index contributed by atoms with van der Waals surface area (Å²) in [7, 11) is 0. The summed E-state index contributed by atoms with van der Waals surface area (Å²) in [4.78, 5) is 29.9. The van der Waals surface area contributed by atoms with Gasteiger partial charge in [-0.2, -0.15) is 0 Å². The minimum atomic E-state index is -0.285. The van der Waals surface area contributed by atoms with Crippen molar-refractivity contribution in [3.8, 4) is 0 Å². The summed E-state index contributed by atoms with van der Waals surface area (Å²) >= 11 is 6.12. The molecule has 0 radical (unpaired) electrons. The molecular formula is C22H15ClN2O2. The van der Waals surface area contributed by atoms with E-state index >= 15 is 0 Å². The van der Waals surface area contributed by atoms with Gasteiger partial charge in [0.1, 0.15) is 5.71 Å². The van der Waals surface area contributed by atoms with Crippen LogP contribution in [0.15, 0.2) is 71.7 Å². The normalized spacial score (nSPS) is 14.1. The third-order valence-electron chi connectivity index (χ3n) is 4.45. The lowest BCUT2D eigenvalue weighted by atomic mass is 10.0. The molecule has 0 saturated carbocycles. The average molecular weight is 375 g/mol. The zero-order chi connectivity index (χ0) is 19.0. The zero-order valence-corrected chi connectivity index (χ0v) is 15.2. The molecule has 0 saturated heterocycles. The largest absolute Gasteiger partial charge is 0.320 e. The van der Waals surface area contributed by atoms with E-state index in [4.69, 9.17) is 11.6 Å². The summed E-state index contributed by atoms with van der Waals surface area (Å²) in [6.07, 6.45) is 0. The molecule has 1 N–H and O–H groups in total. The number of carbonyl (C=O) groups excluding carboxylic acids is 2. The van der Waals surface area contributed by atoms with Crippen LogP contribution in [0.4, 0.5) is 11.4 Å². The van der Waals surface area contributed by atoms with Gasteiger partial charge in [0.05, 0.1) is 11.4 Å². The van der Waals surface area contributed by atoms with Crippen molar-refractivity contribution in [3.63, 3.8) is 0 Å². The van der Waals surface area contributed by atoms with Gasteiger partial charge in [-0.1, -0.05) is 60.1 Å². The van der Waals surface area contributed by atoms with E-state index in [1.807, 2.05) is 31.2 Å². The third-order valence-corrected chi connectivity index (χ3v) is 4.69. The van der Waals surface area contributed by atoms with Gasteiger partial charge in [-0.15, -0.1) is 0 Å². The number of nitrogens with zero attached hydrogens (tertiary/aromatic N) is 1. The molecule has 4 nitrogen and oxygen atoms in total. The van der Waals surface area contributed by atoms with Crippen LogP contribution < -0.4 is 5.32 Å². The number of nitrogens with one attached hydrogen (secondary N) is 1. The van der Waals surface area contributed by atoms with Crippen molar-refractivity contribution >= 4 is 40.4 Å². The molecule has 0 unspecified atom stereocenters. The van der Waals surface area contributed by atoms with Crippen LogP contribution in [0.2, 0.25) is 5.02 Å². The quantitative estimate of drug-likeness (QED) is 0.659. The molecule has 3 aromatic carbocycles. The first kappa shape index (κ1) is 17.2. The number of hydrogen-bond donors (Lipinski definition) is 1. The van der Waals surface area contributed by atoms with Crippen LogP contribution in [0.5, 0.6) is 0 Å². The predicted octanol–water partition coefficient (Wildman–Crippen LogP) is 4.95. The van der Waals surface area contributed by atoms with Crippen molar-refractivity contribution in [1.29, 1.82) is 0 Å². The van der Waals surface area contributed by atoms with Crippen LogP contribution in [0.3, 0.4) is 0 Å². The molecule has 4 rings (SSSR count). The van der Waals surface area contributed by atoms with E-state index in [9.17, 15) is 9.59 Å². The van der Waals surface area contributed by atoms with Crippen molar-refractivity contribution in [2.45, 2.75) is 6.92 Å². The summed E-state index contributed by atoms with van der Waals surface area (Å²) in [5.41, 5.74) is 4.04. The number of hydrogen-bond acceptors (Lipinski definition) is 3. The van der Waals surface area contributed by atoms with Crippen LogP contribution in [-0.2, 0) is 4.79 Å². The summed E-state index contributed by atoms with van der Waals surface area (Å²) in [6, 6.07) is 19.5. The Morgan fingerprint density at radius 1 is 1.00 bits per heavy atom. The van der Waals surface area contributed by atoms with Gasteiger partial charge >= 0.3 is 0 Å². The minimum absolute atomic E-state index is 0.194. The smallest absolute Gasteiger partial charge is 0.275 e. The van der Waals surface area contributed by atoms with Gasteiger partial charge in [0.15, 0.2) is 5.78 Å². The summed E-state index contributed by atoms with van der Waals surface area (Å²) in [6.45, 7) is 1.93. The van der Waals surface area contributed by atoms with Gasteiger partial charge in [0.2, 0.25) is 0 Å². The minimum Gasteiger partial charge on any atom is -0.320 e. The molecule has 0 atom stereocenters. The first-order valence-electron chi connectivity index (χ1n) is 8.44. The molecule has 27 heavy (non-hydrogen) atoms. The summed E-state index contributed by atoms with van der Waals surface area (Å²) < 4.78 is 0. The van der Waals surface area contributed by atoms with Gasteiger partial charge in [-0.25, -0.2) is 4.99 Å². The first-order chi connectivity index (χ1) is 13.0. The SMILES string of the molecule is Cc1cccc2c1NC(=O)C2=Nc1ccc(Cl)cc1C(=O)c1ccccc1. The highest BCUT2D eigenvalue weighted by Crippen LogP contribution is 2.31. The van der Waals surface area contributed by atoms with Gasteiger partial charge in [-0.05, 0) is 30.7 Å². The molecular weight excluding hydrogens is 360 g/mol. The highest BCUT2D eigenvalue weighted by molar-refractivity contribution is 6.54. The van der Waals surface area contributed by atoms with E-state index in [0.717, 1.165) is 16.8 Å². The number of carbonyl (C=O) groups is 2. The van der Waals surface area contributed by atoms with E-state index in [1.165, 1.54) is 0 Å². The fourth-order valence-corrected chi connectivity index (χ4v) is 3.26. The molecule has 3 aromatic rings. The number of aryl methyl sites for hydroxylation is 1. The molecule has 132 valence electrons. The van der Waals surface area contributed by atoms with Crippen LogP contribution in [0.25, 0.3) is 0 Å². The van der Waals surface area contributed by atoms with Gasteiger partial charge in [-0.3, -0.25) is 9.59 Å². The van der Waals surface area contributed by atoms with Gasteiger partial charge < -0.3 is 5.32 Å². The second-order valence-electron chi connectivity index (χ2n) is 6.27. The molecule has 0 aromatic heterocycles. The fourth-order valence-electron chi connectivity index (χ4n) is 3.09. The Morgan fingerprint density at radius 2 is 1.78 bits per heavy atom. The van der Waals surface area contributed by atoms with Crippen molar-refractivity contribution in [2.75, 3.05) is 5.32 Å². The molecule has 0 aliphatic carbocycles. The van der Waals surface area contributed by atoms with E-state index in [1.54, 1.807) is 42.5 Å². The van der Waals surface area contributed by atoms with E-state index in [2.05, 4.69) is 10.3 Å². The van der Waals surface area contributed by atoms with Crippen molar-refractivity contribution in [3.05, 3.63) is 94.0 Å². The number of benzene rings is 3. The lowest BCUT2D eigenvalue weighted by Crippen LogP contribution is -2.14. The average Bonchev–Trinajstić information content (AvgIpc) is 3.00. The number of anilines is 1. The molecule has 5 heteroatoms. The van der Waals surface area contributed by atoms with Crippen LogP contribution in [0.1, 0.15) is 27.0 Å². The molecule has 1 aliphatic rings. The van der Waals surface area contributed by atoms with Crippen molar-refractivity contribution in [1.82, 2.24) is 0 Å². The molecule has 1 amide bonds. The van der Waals surface area contributed by atoms with Crippen LogP contribution in [0, 0.1) is 6.92 Å². The maximum Gasteiger partial charge on any atom is 0.275 e. The summed E-state index contributed by atoms with van der Waals surface area (Å²) in [5, 5.41) is 3.28. The van der Waals surface area contributed by atoms with Crippen LogP contribution in [-0.4, -0.2) is 17.4 Å². The zero-order valence-electron chi connectivity index (χ0n) is 14.5. The predicted molar refractivity (Wildman–Crippen MR) is 107 cm³/mol. The summed E-state index contributed by atoms with van der Waals surface area (Å²) in [5.74, 6) is -0.479. The van der Waals surface area contributed by atoms with Crippen molar-refractivity contribution < 1.29 is 9.59 Å². The highest BCUT2D eigenvalue weighted by Gasteiger charge is 2.27. The Balaban J connectivity index is 1.85. The monoisotopic (exact) mass is 374 g/mol. The number of ketones is 1. The molecule has 0 spiro atoms. The van der Waals surface area contributed by atoms with E-state index < -0.39 is 0 Å².